The summed E-state index contributed by atoms with van der Waals surface area (Å²) < 4.78 is 0. The molecule has 2 rings (SSSR count). The van der Waals surface area contributed by atoms with Crippen molar-refractivity contribution in [3.8, 4) is 0 Å². The van der Waals surface area contributed by atoms with Crippen molar-refractivity contribution >= 4 is 17.7 Å². The number of nitrogens with zero attached hydrogens (tertiary/aromatic N) is 2. The molecule has 1 aromatic rings. The Morgan fingerprint density at radius 3 is 2.70 bits per heavy atom. The summed E-state index contributed by atoms with van der Waals surface area (Å²) in [6.45, 7) is -0.186. The van der Waals surface area contributed by atoms with Crippen molar-refractivity contribution in [1.29, 1.82) is 0 Å². The summed E-state index contributed by atoms with van der Waals surface area (Å²) in [5, 5.41) is 0. The molecule has 0 spiro atoms. The first-order chi connectivity index (χ1) is 9.66. The predicted molar refractivity (Wildman–Crippen MR) is 67.7 cm³/mol. The fraction of sp³-hybridized carbons (Fsp3) is 0.385. The first-order valence-corrected chi connectivity index (χ1v) is 6.30. The molecule has 7 heteroatoms. The van der Waals surface area contributed by atoms with Gasteiger partial charge in [-0.2, -0.15) is 0 Å². The zero-order valence-corrected chi connectivity index (χ0v) is 10.9. The maximum atomic E-state index is 11.6. The molecule has 3 amide bonds. The van der Waals surface area contributed by atoms with Crippen LogP contribution >= 0.6 is 0 Å². The van der Waals surface area contributed by atoms with E-state index in [2.05, 4.69) is 10.5 Å². The van der Waals surface area contributed by atoms with Crippen LogP contribution in [0.3, 0.4) is 0 Å². The van der Waals surface area contributed by atoms with E-state index in [9.17, 15) is 14.4 Å². The Morgan fingerprint density at radius 2 is 2.05 bits per heavy atom. The molecule has 1 aliphatic rings. The highest BCUT2D eigenvalue weighted by molar-refractivity contribution is 6.00. The van der Waals surface area contributed by atoms with Gasteiger partial charge in [-0.1, -0.05) is 6.07 Å². The van der Waals surface area contributed by atoms with E-state index in [0.717, 1.165) is 4.90 Å². The topological polar surface area (TPSA) is 88.6 Å². The van der Waals surface area contributed by atoms with Crippen LogP contribution in [-0.2, 0) is 25.8 Å². The second-order valence-corrected chi connectivity index (χ2v) is 4.36. The Bertz CT molecular complexity index is 488. The van der Waals surface area contributed by atoms with Gasteiger partial charge in [-0.05, 0) is 18.6 Å². The van der Waals surface area contributed by atoms with Crippen LogP contribution in [0, 0.1) is 0 Å². The van der Waals surface area contributed by atoms with Crippen LogP contribution < -0.4 is 5.48 Å². The minimum Gasteiger partial charge on any atom is -0.274 e. The SMILES string of the molecule is O=C(CN1C(=O)CCCC1=O)NOCc1ccccn1. The number of imide groups is 1. The molecular weight excluding hydrogens is 262 g/mol. The maximum absolute atomic E-state index is 11.6. The number of carbonyl (C=O) groups excluding carboxylic acids is 3. The average molecular weight is 277 g/mol. The number of carbonyl (C=O) groups is 3. The molecule has 1 saturated heterocycles. The summed E-state index contributed by atoms with van der Waals surface area (Å²) in [7, 11) is 0. The molecule has 1 aromatic heterocycles. The van der Waals surface area contributed by atoms with Gasteiger partial charge in [0.1, 0.15) is 13.2 Å². The van der Waals surface area contributed by atoms with E-state index in [-0.39, 0.29) is 25.0 Å². The number of aromatic nitrogens is 1. The monoisotopic (exact) mass is 277 g/mol. The highest BCUT2D eigenvalue weighted by atomic mass is 16.7. The molecule has 1 fully saturated rings. The molecule has 0 saturated carbocycles. The number of pyridine rings is 1. The molecule has 0 radical (unpaired) electrons. The molecular formula is C13H15N3O4. The van der Waals surface area contributed by atoms with Gasteiger partial charge in [-0.3, -0.25) is 29.1 Å². The number of piperidine rings is 1. The van der Waals surface area contributed by atoms with Crippen molar-refractivity contribution in [2.24, 2.45) is 0 Å². The lowest BCUT2D eigenvalue weighted by Gasteiger charge is -2.23. The maximum Gasteiger partial charge on any atom is 0.263 e. The fourth-order valence-corrected chi connectivity index (χ4v) is 1.83. The van der Waals surface area contributed by atoms with E-state index in [1.54, 1.807) is 24.4 Å². The number of hydrogen-bond acceptors (Lipinski definition) is 5. The van der Waals surface area contributed by atoms with E-state index in [1.807, 2.05) is 0 Å². The Balaban J connectivity index is 1.75. The van der Waals surface area contributed by atoms with Crippen LogP contribution in [0.1, 0.15) is 25.0 Å². The lowest BCUT2D eigenvalue weighted by Crippen LogP contribution is -2.46. The zero-order chi connectivity index (χ0) is 14.4. The smallest absolute Gasteiger partial charge is 0.263 e. The quantitative estimate of drug-likeness (QED) is 0.612. The molecule has 20 heavy (non-hydrogen) atoms. The van der Waals surface area contributed by atoms with Gasteiger partial charge in [0.05, 0.1) is 5.69 Å². The molecule has 1 N–H and O–H groups in total. The summed E-state index contributed by atoms with van der Waals surface area (Å²) in [6, 6.07) is 5.33. The highest BCUT2D eigenvalue weighted by Crippen LogP contribution is 2.11. The third-order valence-corrected chi connectivity index (χ3v) is 2.82. The molecule has 2 heterocycles. The predicted octanol–water partition coefficient (Wildman–Crippen LogP) is 0.168. The first-order valence-electron chi connectivity index (χ1n) is 6.30. The van der Waals surface area contributed by atoms with E-state index in [1.165, 1.54) is 0 Å². The lowest BCUT2D eigenvalue weighted by molar-refractivity contribution is -0.153. The lowest BCUT2D eigenvalue weighted by atomic mass is 10.1. The number of rotatable bonds is 5. The molecule has 0 aromatic carbocycles. The van der Waals surface area contributed by atoms with Gasteiger partial charge >= 0.3 is 0 Å². The molecule has 0 bridgehead atoms. The van der Waals surface area contributed by atoms with Gasteiger partial charge in [-0.15, -0.1) is 0 Å². The van der Waals surface area contributed by atoms with Gasteiger partial charge in [-0.25, -0.2) is 5.48 Å². The van der Waals surface area contributed by atoms with Gasteiger partial charge in [0.15, 0.2) is 0 Å². The highest BCUT2D eigenvalue weighted by Gasteiger charge is 2.27. The first kappa shape index (κ1) is 14.1. The van der Waals surface area contributed by atoms with Crippen LogP contribution in [0.15, 0.2) is 24.4 Å². The summed E-state index contributed by atoms with van der Waals surface area (Å²) in [6.07, 6.45) is 2.76. The summed E-state index contributed by atoms with van der Waals surface area (Å²) >= 11 is 0. The van der Waals surface area contributed by atoms with Crippen molar-refractivity contribution in [2.45, 2.75) is 25.9 Å². The van der Waals surface area contributed by atoms with Crippen molar-refractivity contribution < 1.29 is 19.2 Å². The number of amides is 3. The molecule has 106 valence electrons. The number of hydrogen-bond donors (Lipinski definition) is 1. The van der Waals surface area contributed by atoms with Crippen molar-refractivity contribution in [2.75, 3.05) is 6.54 Å². The fourth-order valence-electron chi connectivity index (χ4n) is 1.83. The van der Waals surface area contributed by atoms with Crippen molar-refractivity contribution in [3.63, 3.8) is 0 Å². The second kappa shape index (κ2) is 6.76. The third-order valence-electron chi connectivity index (χ3n) is 2.82. The minimum absolute atomic E-state index is 0.120. The number of nitrogens with one attached hydrogen (secondary N) is 1. The van der Waals surface area contributed by atoms with Crippen LogP contribution in [0.2, 0.25) is 0 Å². The van der Waals surface area contributed by atoms with E-state index in [0.29, 0.717) is 25.0 Å². The average Bonchev–Trinajstić information content (AvgIpc) is 2.44. The second-order valence-electron chi connectivity index (χ2n) is 4.36. The standard InChI is InChI=1S/C13H15N3O4/c17-11(8-16-12(18)5-3-6-13(16)19)15-20-9-10-4-1-2-7-14-10/h1-2,4,7H,3,5-6,8-9H2,(H,15,17). The van der Waals surface area contributed by atoms with Gasteiger partial charge in [0, 0.05) is 19.0 Å². The normalized spacial score (nSPS) is 15.3. The zero-order valence-electron chi connectivity index (χ0n) is 10.9. The molecule has 0 unspecified atom stereocenters. The van der Waals surface area contributed by atoms with Crippen LogP contribution in [0.25, 0.3) is 0 Å². The molecule has 7 nitrogen and oxygen atoms in total. The Labute approximate surface area is 115 Å². The van der Waals surface area contributed by atoms with E-state index < -0.39 is 5.91 Å². The number of likely N-dealkylation sites (tertiary alicyclic amines) is 1. The van der Waals surface area contributed by atoms with Gasteiger partial charge in [0.2, 0.25) is 11.8 Å². The van der Waals surface area contributed by atoms with Crippen LogP contribution in [0.4, 0.5) is 0 Å². The molecule has 0 aliphatic carbocycles. The molecule has 0 atom stereocenters. The Hall–Kier alpha value is -2.28. The third kappa shape index (κ3) is 3.86. The van der Waals surface area contributed by atoms with Crippen molar-refractivity contribution in [3.05, 3.63) is 30.1 Å². The summed E-state index contributed by atoms with van der Waals surface area (Å²) in [4.78, 5) is 44.6. The summed E-state index contributed by atoms with van der Waals surface area (Å²) in [5.41, 5.74) is 2.86. The minimum atomic E-state index is -0.537. The van der Waals surface area contributed by atoms with Gasteiger partial charge < -0.3 is 0 Å². The van der Waals surface area contributed by atoms with Crippen LogP contribution in [-0.4, -0.2) is 34.2 Å². The van der Waals surface area contributed by atoms with E-state index in [4.69, 9.17) is 4.84 Å². The number of hydroxylamine groups is 1. The Kier molecular flexibility index (Phi) is 4.78. The van der Waals surface area contributed by atoms with Gasteiger partial charge in [0.25, 0.3) is 5.91 Å². The van der Waals surface area contributed by atoms with Crippen molar-refractivity contribution in [1.82, 2.24) is 15.4 Å². The Morgan fingerprint density at radius 1 is 1.30 bits per heavy atom. The largest absolute Gasteiger partial charge is 0.274 e. The molecule has 1 aliphatic heterocycles. The van der Waals surface area contributed by atoms with Crippen LogP contribution in [0.5, 0.6) is 0 Å². The summed E-state index contributed by atoms with van der Waals surface area (Å²) in [5.74, 6) is -1.17. The van der Waals surface area contributed by atoms with E-state index >= 15 is 0 Å².